The van der Waals surface area contributed by atoms with E-state index in [0.29, 0.717) is 22.4 Å². The molecule has 0 bridgehead atoms. The lowest BCUT2D eigenvalue weighted by molar-refractivity contribution is -0.113. The molecule has 174 valence electrons. The Morgan fingerprint density at radius 1 is 1.03 bits per heavy atom. The fourth-order valence-electron chi connectivity index (χ4n) is 3.19. The number of nitrogens with one attached hydrogen (secondary N) is 1. The van der Waals surface area contributed by atoms with E-state index < -0.39 is 5.82 Å². The fourth-order valence-corrected chi connectivity index (χ4v) is 3.96. The van der Waals surface area contributed by atoms with Gasteiger partial charge in [-0.05, 0) is 61.0 Å². The van der Waals surface area contributed by atoms with E-state index in [2.05, 4.69) is 15.5 Å². The lowest BCUT2D eigenvalue weighted by Crippen LogP contribution is -2.15. The van der Waals surface area contributed by atoms with Gasteiger partial charge in [-0.3, -0.25) is 9.36 Å². The molecule has 0 unspecified atom stereocenters. The highest BCUT2D eigenvalue weighted by Crippen LogP contribution is 2.24. The van der Waals surface area contributed by atoms with Gasteiger partial charge in [0.2, 0.25) is 5.91 Å². The van der Waals surface area contributed by atoms with Crippen molar-refractivity contribution in [1.29, 1.82) is 0 Å². The highest BCUT2D eigenvalue weighted by molar-refractivity contribution is 7.99. The topological polar surface area (TPSA) is 78.3 Å². The number of methoxy groups -OCH3 is 1. The van der Waals surface area contributed by atoms with Crippen LogP contribution in [0.15, 0.2) is 78.0 Å². The Kier molecular flexibility index (Phi) is 7.44. The Morgan fingerprint density at radius 3 is 2.50 bits per heavy atom. The normalized spacial score (nSPS) is 10.7. The molecule has 0 radical (unpaired) electrons. The van der Waals surface area contributed by atoms with E-state index in [4.69, 9.17) is 9.47 Å². The van der Waals surface area contributed by atoms with E-state index in [1.807, 2.05) is 66.1 Å². The third-order valence-electron chi connectivity index (χ3n) is 4.95. The summed E-state index contributed by atoms with van der Waals surface area (Å²) in [7, 11) is 1.61. The molecule has 0 spiro atoms. The second-order valence-electron chi connectivity index (χ2n) is 7.33. The predicted octanol–water partition coefficient (Wildman–Crippen LogP) is 5.03. The van der Waals surface area contributed by atoms with E-state index in [9.17, 15) is 9.18 Å². The highest BCUT2D eigenvalue weighted by Gasteiger charge is 2.17. The largest absolute Gasteiger partial charge is 0.497 e. The van der Waals surface area contributed by atoms with Gasteiger partial charge < -0.3 is 14.8 Å². The van der Waals surface area contributed by atoms with Gasteiger partial charge >= 0.3 is 0 Å². The van der Waals surface area contributed by atoms with Crippen LogP contribution < -0.4 is 14.8 Å². The highest BCUT2D eigenvalue weighted by atomic mass is 32.2. The summed E-state index contributed by atoms with van der Waals surface area (Å²) in [5.74, 6) is 1.41. The maximum absolute atomic E-state index is 13.5. The number of thioether (sulfide) groups is 1. The van der Waals surface area contributed by atoms with Crippen molar-refractivity contribution >= 4 is 23.4 Å². The van der Waals surface area contributed by atoms with Crippen molar-refractivity contribution in [3.8, 4) is 17.2 Å². The van der Waals surface area contributed by atoms with Gasteiger partial charge in [-0.2, -0.15) is 0 Å². The molecule has 1 N–H and O–H groups in total. The summed E-state index contributed by atoms with van der Waals surface area (Å²) in [5, 5.41) is 11.9. The number of hydrogen-bond acceptors (Lipinski definition) is 6. The molecule has 9 heteroatoms. The predicted molar refractivity (Wildman–Crippen MR) is 129 cm³/mol. The van der Waals surface area contributed by atoms with Crippen molar-refractivity contribution in [2.24, 2.45) is 0 Å². The molecule has 7 nitrogen and oxygen atoms in total. The van der Waals surface area contributed by atoms with Crippen LogP contribution >= 0.6 is 11.8 Å². The second kappa shape index (κ2) is 10.8. The zero-order valence-electron chi connectivity index (χ0n) is 18.7. The number of para-hydroxylation sites is 1. The van der Waals surface area contributed by atoms with E-state index in [1.165, 1.54) is 23.9 Å². The van der Waals surface area contributed by atoms with Crippen LogP contribution in [0.4, 0.5) is 10.1 Å². The molecule has 0 aliphatic carbocycles. The SMILES string of the molecule is COc1ccc(OCc2nnc(SCC(=O)Nc3cc(F)ccc3C)n2-c2ccccc2)cc1. The van der Waals surface area contributed by atoms with E-state index in [-0.39, 0.29) is 18.3 Å². The van der Waals surface area contributed by atoms with Gasteiger partial charge in [0.15, 0.2) is 11.0 Å². The fraction of sp³-hybridized carbons (Fsp3) is 0.160. The van der Waals surface area contributed by atoms with Crippen LogP contribution in [0.5, 0.6) is 11.5 Å². The van der Waals surface area contributed by atoms with Gasteiger partial charge in [0.05, 0.1) is 12.9 Å². The molecule has 3 aromatic carbocycles. The molecular formula is C25H23FN4O3S. The van der Waals surface area contributed by atoms with Gasteiger partial charge in [0.1, 0.15) is 23.9 Å². The quantitative estimate of drug-likeness (QED) is 0.340. The zero-order valence-corrected chi connectivity index (χ0v) is 19.5. The molecular weight excluding hydrogens is 455 g/mol. The number of carbonyl (C=O) groups excluding carboxylic acids is 1. The number of aryl methyl sites for hydroxylation is 1. The first kappa shape index (κ1) is 23.3. The van der Waals surface area contributed by atoms with Crippen molar-refractivity contribution in [2.75, 3.05) is 18.2 Å². The molecule has 0 saturated carbocycles. The monoisotopic (exact) mass is 478 g/mol. The van der Waals surface area contributed by atoms with Crippen LogP contribution in [0.2, 0.25) is 0 Å². The Balaban J connectivity index is 1.48. The first-order chi connectivity index (χ1) is 16.5. The molecule has 0 aliphatic rings. The lowest BCUT2D eigenvalue weighted by Gasteiger charge is -2.12. The average Bonchev–Trinajstić information content (AvgIpc) is 3.27. The second-order valence-corrected chi connectivity index (χ2v) is 8.27. The number of carbonyl (C=O) groups is 1. The number of amides is 1. The van der Waals surface area contributed by atoms with Gasteiger partial charge in [0, 0.05) is 11.4 Å². The molecule has 34 heavy (non-hydrogen) atoms. The van der Waals surface area contributed by atoms with Crippen LogP contribution in [0, 0.1) is 12.7 Å². The van der Waals surface area contributed by atoms with E-state index in [0.717, 1.165) is 17.0 Å². The van der Waals surface area contributed by atoms with Crippen molar-refractivity contribution in [1.82, 2.24) is 14.8 Å². The van der Waals surface area contributed by atoms with Crippen LogP contribution in [0.3, 0.4) is 0 Å². The number of benzene rings is 3. The summed E-state index contributed by atoms with van der Waals surface area (Å²) in [6.07, 6.45) is 0. The summed E-state index contributed by atoms with van der Waals surface area (Å²) in [4.78, 5) is 12.5. The molecule has 0 atom stereocenters. The minimum absolute atomic E-state index is 0.0836. The molecule has 1 amide bonds. The standard InChI is InChI=1S/C25H23FN4O3S/c1-17-8-9-18(26)14-22(17)27-24(31)16-34-25-29-28-23(30(25)19-6-4-3-5-7-19)15-33-21-12-10-20(32-2)11-13-21/h3-14H,15-16H2,1-2H3,(H,27,31). The van der Waals surface area contributed by atoms with Crippen LogP contribution in [-0.4, -0.2) is 33.5 Å². The number of halogens is 1. The molecule has 4 rings (SSSR count). The van der Waals surface area contributed by atoms with Crippen molar-refractivity contribution in [3.05, 3.63) is 90.0 Å². The Morgan fingerprint density at radius 2 is 1.76 bits per heavy atom. The van der Waals surface area contributed by atoms with Crippen LogP contribution in [0.25, 0.3) is 5.69 Å². The van der Waals surface area contributed by atoms with E-state index >= 15 is 0 Å². The average molecular weight is 479 g/mol. The Labute approximate surface area is 200 Å². The maximum atomic E-state index is 13.5. The first-order valence-corrected chi connectivity index (χ1v) is 11.5. The van der Waals surface area contributed by atoms with Gasteiger partial charge in [0.25, 0.3) is 0 Å². The first-order valence-electron chi connectivity index (χ1n) is 10.5. The number of ether oxygens (including phenoxy) is 2. The summed E-state index contributed by atoms with van der Waals surface area (Å²) in [6.45, 7) is 1.99. The minimum atomic E-state index is -0.404. The summed E-state index contributed by atoms with van der Waals surface area (Å²) < 4.78 is 26.5. The number of anilines is 1. The van der Waals surface area contributed by atoms with Gasteiger partial charge in [-0.25, -0.2) is 4.39 Å². The Hall–Kier alpha value is -3.85. The molecule has 1 aromatic heterocycles. The van der Waals surface area contributed by atoms with Crippen LogP contribution in [0.1, 0.15) is 11.4 Å². The molecule has 1 heterocycles. The number of nitrogens with zero attached hydrogens (tertiary/aromatic N) is 3. The third kappa shape index (κ3) is 5.74. The Bertz CT molecular complexity index is 1260. The number of hydrogen-bond donors (Lipinski definition) is 1. The summed E-state index contributed by atoms with van der Waals surface area (Å²) in [5.41, 5.74) is 2.08. The van der Waals surface area contributed by atoms with Gasteiger partial charge in [-0.15, -0.1) is 10.2 Å². The lowest BCUT2D eigenvalue weighted by atomic mass is 10.2. The van der Waals surface area contributed by atoms with Crippen molar-refractivity contribution in [2.45, 2.75) is 18.7 Å². The van der Waals surface area contributed by atoms with Gasteiger partial charge in [-0.1, -0.05) is 36.0 Å². The van der Waals surface area contributed by atoms with Crippen LogP contribution in [-0.2, 0) is 11.4 Å². The molecule has 0 saturated heterocycles. The third-order valence-corrected chi connectivity index (χ3v) is 5.88. The van der Waals surface area contributed by atoms with Crippen molar-refractivity contribution in [3.63, 3.8) is 0 Å². The number of rotatable bonds is 9. The summed E-state index contributed by atoms with van der Waals surface area (Å²) >= 11 is 1.24. The molecule has 0 fully saturated rings. The minimum Gasteiger partial charge on any atom is -0.497 e. The summed E-state index contributed by atoms with van der Waals surface area (Å²) in [6, 6.07) is 21.2. The smallest absolute Gasteiger partial charge is 0.234 e. The number of aromatic nitrogens is 3. The maximum Gasteiger partial charge on any atom is 0.234 e. The zero-order chi connectivity index (χ0) is 23.9. The molecule has 0 aliphatic heterocycles. The van der Waals surface area contributed by atoms with Crippen molar-refractivity contribution < 1.29 is 18.7 Å². The molecule has 4 aromatic rings. The van der Waals surface area contributed by atoms with E-state index in [1.54, 1.807) is 13.2 Å².